The number of hydrogen-bond acceptors (Lipinski definition) is 3. The lowest BCUT2D eigenvalue weighted by molar-refractivity contribution is -0.137. The fourth-order valence-electron chi connectivity index (χ4n) is 3.47. The first-order valence-electron chi connectivity index (χ1n) is 7.71. The molecular weight excluding hydrogens is 266 g/mol. The molecule has 4 nitrogen and oxygen atoms in total. The van der Waals surface area contributed by atoms with E-state index in [9.17, 15) is 4.79 Å². The maximum atomic E-state index is 10.7. The molecule has 0 aromatic heterocycles. The lowest BCUT2D eigenvalue weighted by atomic mass is 9.88. The molecule has 1 fully saturated rings. The van der Waals surface area contributed by atoms with Gasteiger partial charge < -0.3 is 9.84 Å². The second-order valence-electron chi connectivity index (χ2n) is 6.45. The van der Waals surface area contributed by atoms with E-state index in [-0.39, 0.29) is 12.0 Å². The zero-order valence-corrected chi connectivity index (χ0v) is 12.8. The summed E-state index contributed by atoms with van der Waals surface area (Å²) in [6.07, 6.45) is 3.31. The maximum Gasteiger partial charge on any atom is 0.304 e. The molecule has 1 spiro atoms. The van der Waals surface area contributed by atoms with Crippen LogP contribution in [0.15, 0.2) is 12.1 Å². The summed E-state index contributed by atoms with van der Waals surface area (Å²) in [7, 11) is 0. The second kappa shape index (κ2) is 5.34. The Bertz CT molecular complexity index is 569. The van der Waals surface area contributed by atoms with Crippen molar-refractivity contribution in [3.05, 3.63) is 28.8 Å². The minimum Gasteiger partial charge on any atom is -0.485 e. The van der Waals surface area contributed by atoms with Gasteiger partial charge in [0.2, 0.25) is 0 Å². The van der Waals surface area contributed by atoms with E-state index >= 15 is 0 Å². The van der Waals surface area contributed by atoms with Crippen molar-refractivity contribution in [1.29, 1.82) is 0 Å². The van der Waals surface area contributed by atoms with Crippen LogP contribution in [-0.4, -0.2) is 41.2 Å². The van der Waals surface area contributed by atoms with E-state index in [1.165, 1.54) is 16.7 Å². The molecule has 4 heteroatoms. The van der Waals surface area contributed by atoms with Gasteiger partial charge in [0.15, 0.2) is 0 Å². The van der Waals surface area contributed by atoms with Crippen molar-refractivity contribution in [2.75, 3.05) is 19.6 Å². The fraction of sp³-hybridized carbons (Fsp3) is 0.588. The summed E-state index contributed by atoms with van der Waals surface area (Å²) in [5.74, 6) is 0.346. The highest BCUT2D eigenvalue weighted by Crippen LogP contribution is 2.41. The van der Waals surface area contributed by atoms with Gasteiger partial charge in [-0.15, -0.1) is 0 Å². The Morgan fingerprint density at radius 1 is 1.38 bits per heavy atom. The molecule has 1 saturated heterocycles. The number of aliphatic carboxylic acids is 1. The highest BCUT2D eigenvalue weighted by atomic mass is 16.5. The molecule has 0 amide bonds. The third-order valence-corrected chi connectivity index (χ3v) is 4.96. The molecule has 2 aliphatic heterocycles. The van der Waals surface area contributed by atoms with Gasteiger partial charge in [0.25, 0.3) is 0 Å². The Labute approximate surface area is 125 Å². The van der Waals surface area contributed by atoms with Gasteiger partial charge >= 0.3 is 5.97 Å². The van der Waals surface area contributed by atoms with Crippen molar-refractivity contribution < 1.29 is 14.6 Å². The first-order chi connectivity index (χ1) is 9.99. The summed E-state index contributed by atoms with van der Waals surface area (Å²) in [6.45, 7) is 6.67. The molecule has 1 unspecified atom stereocenters. The Morgan fingerprint density at radius 2 is 2.19 bits per heavy atom. The molecule has 2 heterocycles. The molecule has 3 rings (SSSR count). The van der Waals surface area contributed by atoms with E-state index in [4.69, 9.17) is 9.84 Å². The van der Waals surface area contributed by atoms with E-state index in [2.05, 4.69) is 30.9 Å². The normalized spacial score (nSPS) is 24.9. The summed E-state index contributed by atoms with van der Waals surface area (Å²) in [4.78, 5) is 12.9. The van der Waals surface area contributed by atoms with Crippen LogP contribution >= 0.6 is 0 Å². The summed E-state index contributed by atoms with van der Waals surface area (Å²) < 4.78 is 6.44. The quantitative estimate of drug-likeness (QED) is 0.929. The minimum atomic E-state index is -0.725. The number of benzene rings is 1. The number of carbonyl (C=O) groups is 1. The number of aryl methyl sites for hydroxylation is 2. The number of carboxylic acids is 1. The number of likely N-dealkylation sites (tertiary alicyclic amines) is 1. The van der Waals surface area contributed by atoms with E-state index in [1.807, 2.05) is 0 Å². The van der Waals surface area contributed by atoms with Gasteiger partial charge in [-0.05, 0) is 43.4 Å². The predicted octanol–water partition coefficient (Wildman–Crippen LogP) is 2.55. The molecule has 1 atom stereocenters. The molecule has 2 aliphatic rings. The summed E-state index contributed by atoms with van der Waals surface area (Å²) in [6, 6.07) is 4.35. The molecular formula is C17H23NO3. The minimum absolute atomic E-state index is 0.107. The zero-order chi connectivity index (χ0) is 15.0. The van der Waals surface area contributed by atoms with Crippen LogP contribution in [0.1, 0.15) is 36.0 Å². The van der Waals surface area contributed by atoms with Gasteiger partial charge in [-0.1, -0.05) is 12.1 Å². The molecule has 1 N–H and O–H groups in total. The number of fused-ring (bicyclic) bond motifs is 1. The number of nitrogens with zero attached hydrogens (tertiary/aromatic N) is 1. The lowest BCUT2D eigenvalue weighted by Crippen LogP contribution is -2.42. The number of carboxylic acid groups (broad SMARTS) is 1. The van der Waals surface area contributed by atoms with Crippen molar-refractivity contribution in [3.8, 4) is 5.75 Å². The van der Waals surface area contributed by atoms with E-state index < -0.39 is 5.97 Å². The molecule has 0 bridgehead atoms. The Balaban J connectivity index is 1.74. The topological polar surface area (TPSA) is 49.8 Å². The standard InChI is InChI=1S/C17H23NO3/c1-12-3-4-14-5-7-17(21-16(14)13(12)2)8-10-18(11-17)9-6-15(19)20/h3-4H,5-11H2,1-2H3,(H,19,20). The maximum absolute atomic E-state index is 10.7. The van der Waals surface area contributed by atoms with Gasteiger partial charge in [0.05, 0.1) is 6.42 Å². The third kappa shape index (κ3) is 2.77. The molecule has 114 valence electrons. The monoisotopic (exact) mass is 289 g/mol. The van der Waals surface area contributed by atoms with E-state index in [0.717, 1.165) is 38.1 Å². The number of rotatable bonds is 3. The van der Waals surface area contributed by atoms with Gasteiger partial charge in [0.1, 0.15) is 11.4 Å². The van der Waals surface area contributed by atoms with Crippen molar-refractivity contribution in [1.82, 2.24) is 4.90 Å². The molecule has 0 aliphatic carbocycles. The second-order valence-corrected chi connectivity index (χ2v) is 6.45. The van der Waals surface area contributed by atoms with Crippen LogP contribution in [-0.2, 0) is 11.2 Å². The van der Waals surface area contributed by atoms with Crippen molar-refractivity contribution in [2.45, 2.75) is 45.1 Å². The molecule has 0 saturated carbocycles. The Hall–Kier alpha value is -1.55. The SMILES string of the molecule is Cc1ccc2c(c1C)OC1(CC2)CCN(CCC(=O)O)C1. The van der Waals surface area contributed by atoms with Crippen LogP contribution < -0.4 is 4.74 Å². The van der Waals surface area contributed by atoms with Crippen molar-refractivity contribution in [3.63, 3.8) is 0 Å². The van der Waals surface area contributed by atoms with Gasteiger partial charge in [-0.3, -0.25) is 9.69 Å². The van der Waals surface area contributed by atoms with Crippen LogP contribution in [0.25, 0.3) is 0 Å². The average Bonchev–Trinajstić information content (AvgIpc) is 2.84. The van der Waals surface area contributed by atoms with Crippen LogP contribution in [0.5, 0.6) is 5.75 Å². The van der Waals surface area contributed by atoms with Crippen LogP contribution in [0.2, 0.25) is 0 Å². The van der Waals surface area contributed by atoms with Crippen LogP contribution in [0.3, 0.4) is 0 Å². The van der Waals surface area contributed by atoms with Gasteiger partial charge in [0, 0.05) is 26.1 Å². The van der Waals surface area contributed by atoms with Crippen LogP contribution in [0.4, 0.5) is 0 Å². The Kier molecular flexibility index (Phi) is 3.66. The summed E-state index contributed by atoms with van der Waals surface area (Å²) in [5, 5.41) is 8.81. The first-order valence-corrected chi connectivity index (χ1v) is 7.71. The predicted molar refractivity (Wildman–Crippen MR) is 80.9 cm³/mol. The van der Waals surface area contributed by atoms with Gasteiger partial charge in [-0.25, -0.2) is 0 Å². The lowest BCUT2D eigenvalue weighted by Gasteiger charge is -2.37. The number of ether oxygens (including phenoxy) is 1. The summed E-state index contributed by atoms with van der Waals surface area (Å²) in [5.41, 5.74) is 3.72. The van der Waals surface area contributed by atoms with Crippen molar-refractivity contribution >= 4 is 5.97 Å². The third-order valence-electron chi connectivity index (χ3n) is 4.96. The molecule has 1 aromatic rings. The molecule has 0 radical (unpaired) electrons. The number of hydrogen-bond donors (Lipinski definition) is 1. The zero-order valence-electron chi connectivity index (χ0n) is 12.8. The molecule has 21 heavy (non-hydrogen) atoms. The molecule has 1 aromatic carbocycles. The fourth-order valence-corrected chi connectivity index (χ4v) is 3.47. The largest absolute Gasteiger partial charge is 0.485 e. The van der Waals surface area contributed by atoms with Crippen LogP contribution in [0, 0.1) is 13.8 Å². The van der Waals surface area contributed by atoms with Crippen molar-refractivity contribution in [2.24, 2.45) is 0 Å². The first kappa shape index (κ1) is 14.4. The Morgan fingerprint density at radius 3 is 2.95 bits per heavy atom. The summed E-state index contributed by atoms with van der Waals surface area (Å²) >= 11 is 0. The highest BCUT2D eigenvalue weighted by Gasteiger charge is 2.42. The average molecular weight is 289 g/mol. The van der Waals surface area contributed by atoms with E-state index in [1.54, 1.807) is 0 Å². The smallest absolute Gasteiger partial charge is 0.304 e. The van der Waals surface area contributed by atoms with E-state index in [0.29, 0.717) is 6.54 Å². The highest BCUT2D eigenvalue weighted by molar-refractivity contribution is 5.66. The van der Waals surface area contributed by atoms with Gasteiger partial charge in [-0.2, -0.15) is 0 Å².